The van der Waals surface area contributed by atoms with E-state index >= 15 is 0 Å². The van der Waals surface area contributed by atoms with E-state index < -0.39 is 11.9 Å². The van der Waals surface area contributed by atoms with Crippen molar-refractivity contribution in [1.29, 1.82) is 0 Å². The first-order chi connectivity index (χ1) is 9.00. The second kappa shape index (κ2) is 5.40. The molecule has 2 atom stereocenters. The third-order valence-electron chi connectivity index (χ3n) is 3.66. The van der Waals surface area contributed by atoms with E-state index in [1.165, 1.54) is 0 Å². The number of likely N-dealkylation sites (tertiary alicyclic amines) is 1. The zero-order valence-corrected chi connectivity index (χ0v) is 10.8. The zero-order chi connectivity index (χ0) is 14.0. The Morgan fingerprint density at radius 3 is 2.42 bits per heavy atom. The second-order valence-electron chi connectivity index (χ2n) is 5.00. The molecule has 0 bridgehead atoms. The number of carbonyl (C=O) groups excluding carboxylic acids is 1. The van der Waals surface area contributed by atoms with E-state index in [1.54, 1.807) is 11.8 Å². The lowest BCUT2D eigenvalue weighted by atomic mass is 9.91. The quantitative estimate of drug-likeness (QED) is 0.843. The molecule has 1 amide bonds. The van der Waals surface area contributed by atoms with Crippen molar-refractivity contribution in [2.24, 2.45) is 17.6 Å². The largest absolute Gasteiger partial charge is 0.481 e. The van der Waals surface area contributed by atoms with E-state index in [4.69, 9.17) is 10.8 Å². The van der Waals surface area contributed by atoms with Crippen LogP contribution < -0.4 is 5.73 Å². The van der Waals surface area contributed by atoms with Crippen molar-refractivity contribution in [2.75, 3.05) is 13.1 Å². The van der Waals surface area contributed by atoms with Crippen LogP contribution in [0.25, 0.3) is 0 Å². The van der Waals surface area contributed by atoms with E-state index in [-0.39, 0.29) is 17.9 Å². The van der Waals surface area contributed by atoms with Gasteiger partial charge in [0.15, 0.2) is 0 Å². The van der Waals surface area contributed by atoms with Gasteiger partial charge in [0.25, 0.3) is 0 Å². The Labute approximate surface area is 112 Å². The van der Waals surface area contributed by atoms with Gasteiger partial charge in [0.1, 0.15) is 0 Å². The molecule has 0 aromatic heterocycles. The van der Waals surface area contributed by atoms with Crippen LogP contribution in [0.3, 0.4) is 0 Å². The lowest BCUT2D eigenvalue weighted by Crippen LogP contribution is -2.55. The lowest BCUT2D eigenvalue weighted by molar-refractivity contribution is -0.154. The van der Waals surface area contributed by atoms with Gasteiger partial charge in [0.05, 0.1) is 11.8 Å². The summed E-state index contributed by atoms with van der Waals surface area (Å²) in [6.45, 7) is 2.37. The fraction of sp³-hybridized carbons (Fsp3) is 0.429. The van der Waals surface area contributed by atoms with Gasteiger partial charge in [-0.2, -0.15) is 0 Å². The van der Waals surface area contributed by atoms with Crippen molar-refractivity contribution < 1.29 is 14.7 Å². The van der Waals surface area contributed by atoms with Crippen LogP contribution in [0.2, 0.25) is 0 Å². The molecule has 19 heavy (non-hydrogen) atoms. The highest BCUT2D eigenvalue weighted by Crippen LogP contribution is 2.25. The third-order valence-corrected chi connectivity index (χ3v) is 3.66. The van der Waals surface area contributed by atoms with Gasteiger partial charge in [-0.3, -0.25) is 9.59 Å². The number of aliphatic carboxylic acids is 1. The molecule has 1 aromatic carbocycles. The number of carbonyl (C=O) groups is 2. The predicted octanol–water partition coefficient (Wildman–Crippen LogP) is 0.866. The number of hydrogen-bond acceptors (Lipinski definition) is 3. The van der Waals surface area contributed by atoms with Crippen molar-refractivity contribution in [2.45, 2.75) is 13.0 Å². The van der Waals surface area contributed by atoms with Crippen LogP contribution in [0.15, 0.2) is 30.3 Å². The van der Waals surface area contributed by atoms with Crippen LogP contribution in [0.1, 0.15) is 18.5 Å². The number of carboxylic acid groups (broad SMARTS) is 1. The Morgan fingerprint density at radius 1 is 1.32 bits per heavy atom. The molecule has 5 heteroatoms. The summed E-state index contributed by atoms with van der Waals surface area (Å²) >= 11 is 0. The normalized spacial score (nSPS) is 18.5. The summed E-state index contributed by atoms with van der Waals surface area (Å²) in [5.41, 5.74) is 7.00. The molecule has 1 heterocycles. The van der Waals surface area contributed by atoms with Crippen LogP contribution in [0, 0.1) is 11.8 Å². The van der Waals surface area contributed by atoms with Crippen LogP contribution in [-0.4, -0.2) is 35.0 Å². The summed E-state index contributed by atoms with van der Waals surface area (Å²) in [7, 11) is 0. The Kier molecular flexibility index (Phi) is 3.85. The highest BCUT2D eigenvalue weighted by molar-refractivity contribution is 5.83. The number of benzene rings is 1. The first-order valence-electron chi connectivity index (χ1n) is 6.33. The SMILES string of the molecule is CC(C(=O)N1CC(C(=O)O)C1)C(N)c1ccccc1. The van der Waals surface area contributed by atoms with E-state index in [9.17, 15) is 9.59 Å². The van der Waals surface area contributed by atoms with Crippen molar-refractivity contribution >= 4 is 11.9 Å². The number of amides is 1. The number of nitrogens with two attached hydrogens (primary N) is 1. The zero-order valence-electron chi connectivity index (χ0n) is 10.8. The molecule has 1 fully saturated rings. The molecule has 2 unspecified atom stereocenters. The molecule has 5 nitrogen and oxygen atoms in total. The van der Waals surface area contributed by atoms with Crippen molar-refractivity contribution in [3.8, 4) is 0 Å². The first-order valence-corrected chi connectivity index (χ1v) is 6.33. The van der Waals surface area contributed by atoms with Gasteiger partial charge in [-0.15, -0.1) is 0 Å². The second-order valence-corrected chi connectivity index (χ2v) is 5.00. The average molecular weight is 262 g/mol. The maximum absolute atomic E-state index is 12.2. The summed E-state index contributed by atoms with van der Waals surface area (Å²) < 4.78 is 0. The maximum atomic E-state index is 12.2. The molecule has 0 spiro atoms. The topological polar surface area (TPSA) is 83.6 Å². The molecule has 1 aliphatic rings. The summed E-state index contributed by atoms with van der Waals surface area (Å²) in [6.07, 6.45) is 0. The number of rotatable bonds is 4. The fourth-order valence-corrected chi connectivity index (χ4v) is 2.22. The number of nitrogens with zero attached hydrogens (tertiary/aromatic N) is 1. The Balaban J connectivity index is 1.95. The molecule has 102 valence electrons. The molecule has 3 N–H and O–H groups in total. The summed E-state index contributed by atoms with van der Waals surface area (Å²) in [5.74, 6) is -1.70. The third kappa shape index (κ3) is 2.76. The Bertz CT molecular complexity index is 469. The van der Waals surface area contributed by atoms with E-state index in [0.717, 1.165) is 5.56 Å². The molecule has 0 aliphatic carbocycles. The van der Waals surface area contributed by atoms with E-state index in [1.807, 2.05) is 30.3 Å². The Hall–Kier alpha value is -1.88. The van der Waals surface area contributed by atoms with Gasteiger partial charge in [-0.25, -0.2) is 0 Å². The minimum Gasteiger partial charge on any atom is -0.481 e. The first kappa shape index (κ1) is 13.5. The summed E-state index contributed by atoms with van der Waals surface area (Å²) in [6, 6.07) is 9.09. The standard InChI is InChI=1S/C14H18N2O3/c1-9(12(15)10-5-3-2-4-6-10)13(17)16-7-11(8-16)14(18)19/h2-6,9,11-12H,7-8,15H2,1H3,(H,18,19). The van der Waals surface area contributed by atoms with Crippen LogP contribution >= 0.6 is 0 Å². The van der Waals surface area contributed by atoms with Gasteiger partial charge in [-0.05, 0) is 5.56 Å². The van der Waals surface area contributed by atoms with Gasteiger partial charge >= 0.3 is 5.97 Å². The maximum Gasteiger partial charge on any atom is 0.310 e. The molecule has 1 aliphatic heterocycles. The minimum absolute atomic E-state index is 0.0751. The molecular weight excluding hydrogens is 244 g/mol. The van der Waals surface area contributed by atoms with Crippen LogP contribution in [-0.2, 0) is 9.59 Å². The fourth-order valence-electron chi connectivity index (χ4n) is 2.22. The van der Waals surface area contributed by atoms with Crippen LogP contribution in [0.5, 0.6) is 0 Å². The number of carboxylic acids is 1. The molecule has 1 aromatic rings. The average Bonchev–Trinajstić information content (AvgIpc) is 2.35. The molecule has 2 rings (SSSR count). The van der Waals surface area contributed by atoms with Gasteiger partial charge in [0.2, 0.25) is 5.91 Å². The summed E-state index contributed by atoms with van der Waals surface area (Å²) in [4.78, 5) is 24.4. The molecule has 0 radical (unpaired) electrons. The number of hydrogen-bond donors (Lipinski definition) is 2. The highest BCUT2D eigenvalue weighted by atomic mass is 16.4. The van der Waals surface area contributed by atoms with E-state index in [2.05, 4.69) is 0 Å². The van der Waals surface area contributed by atoms with Crippen molar-refractivity contribution in [3.63, 3.8) is 0 Å². The van der Waals surface area contributed by atoms with Crippen molar-refractivity contribution in [3.05, 3.63) is 35.9 Å². The van der Waals surface area contributed by atoms with Crippen molar-refractivity contribution in [1.82, 2.24) is 4.90 Å². The monoisotopic (exact) mass is 262 g/mol. The van der Waals surface area contributed by atoms with Gasteiger partial charge in [-0.1, -0.05) is 37.3 Å². The van der Waals surface area contributed by atoms with Gasteiger partial charge < -0.3 is 15.7 Å². The summed E-state index contributed by atoms with van der Waals surface area (Å²) in [5, 5.41) is 8.80. The predicted molar refractivity (Wildman–Crippen MR) is 70.2 cm³/mol. The van der Waals surface area contributed by atoms with Crippen LogP contribution in [0.4, 0.5) is 0 Å². The smallest absolute Gasteiger partial charge is 0.310 e. The molecule has 0 saturated carbocycles. The molecular formula is C14H18N2O3. The van der Waals surface area contributed by atoms with Gasteiger partial charge in [0, 0.05) is 19.1 Å². The minimum atomic E-state index is -0.843. The molecule has 1 saturated heterocycles. The lowest BCUT2D eigenvalue weighted by Gasteiger charge is -2.39. The highest BCUT2D eigenvalue weighted by Gasteiger charge is 2.38. The van der Waals surface area contributed by atoms with E-state index in [0.29, 0.717) is 13.1 Å². The Morgan fingerprint density at radius 2 is 1.89 bits per heavy atom.